The maximum absolute atomic E-state index is 12.8. The van der Waals surface area contributed by atoms with E-state index in [0.717, 1.165) is 11.1 Å². The van der Waals surface area contributed by atoms with Gasteiger partial charge in [-0.15, -0.1) is 0 Å². The molecule has 1 amide bonds. The number of fused-ring (bicyclic) bond motifs is 1. The molecule has 0 saturated carbocycles. The molecule has 1 aliphatic heterocycles. The molecule has 2 N–H and O–H groups in total. The highest BCUT2D eigenvalue weighted by Crippen LogP contribution is 2.24. The summed E-state index contributed by atoms with van der Waals surface area (Å²) in [5.74, 6) is 1.79. The van der Waals surface area contributed by atoms with E-state index in [0.29, 0.717) is 42.8 Å². The number of aryl methyl sites for hydroxylation is 1. The zero-order valence-electron chi connectivity index (χ0n) is 20.3. The van der Waals surface area contributed by atoms with Gasteiger partial charge in [-0.1, -0.05) is 42.5 Å². The van der Waals surface area contributed by atoms with Crippen molar-refractivity contribution in [3.8, 4) is 11.5 Å². The van der Waals surface area contributed by atoms with E-state index in [4.69, 9.17) is 4.74 Å². The molecule has 4 aromatic rings. The van der Waals surface area contributed by atoms with Gasteiger partial charge in [0.1, 0.15) is 11.5 Å². The van der Waals surface area contributed by atoms with E-state index < -0.39 is 10.0 Å². The number of sulfonamides is 1. The highest BCUT2D eigenvalue weighted by molar-refractivity contribution is 7.89. The summed E-state index contributed by atoms with van der Waals surface area (Å²) in [5, 5.41) is 2.89. The van der Waals surface area contributed by atoms with Crippen LogP contribution in [-0.2, 0) is 29.7 Å². The van der Waals surface area contributed by atoms with Crippen molar-refractivity contribution >= 4 is 21.7 Å². The number of nitrogens with one attached hydrogen (secondary N) is 2. The molecule has 0 saturated heterocycles. The quantitative estimate of drug-likeness (QED) is 0.349. The fourth-order valence-corrected chi connectivity index (χ4v) is 5.11. The van der Waals surface area contributed by atoms with Crippen molar-refractivity contribution in [3.63, 3.8) is 0 Å². The Bertz CT molecular complexity index is 1480. The predicted molar refractivity (Wildman–Crippen MR) is 140 cm³/mol. The van der Waals surface area contributed by atoms with Gasteiger partial charge in [-0.2, -0.15) is 0 Å². The van der Waals surface area contributed by atoms with Gasteiger partial charge in [0, 0.05) is 19.6 Å². The lowest BCUT2D eigenvalue weighted by atomic mass is 10.1. The van der Waals surface area contributed by atoms with E-state index in [1.54, 1.807) is 18.5 Å². The Kier molecular flexibility index (Phi) is 6.93. The molecule has 5 rings (SSSR count). The minimum Gasteiger partial charge on any atom is -0.457 e. The Hall–Kier alpha value is -4.15. The van der Waals surface area contributed by atoms with E-state index in [1.165, 1.54) is 12.1 Å². The van der Waals surface area contributed by atoms with Gasteiger partial charge in [-0.25, -0.2) is 18.1 Å². The largest absolute Gasteiger partial charge is 0.457 e. The highest BCUT2D eigenvalue weighted by Gasteiger charge is 2.27. The zero-order chi connectivity index (χ0) is 25.8. The normalized spacial score (nSPS) is 13.2. The minimum absolute atomic E-state index is 0.119. The number of carbonyl (C=O) groups excluding carboxylic acids is 1. The van der Waals surface area contributed by atoms with Crippen LogP contribution in [0.2, 0.25) is 0 Å². The van der Waals surface area contributed by atoms with Crippen LogP contribution >= 0.6 is 0 Å². The lowest BCUT2D eigenvalue weighted by molar-refractivity contribution is 0.0937. The van der Waals surface area contributed by atoms with E-state index in [9.17, 15) is 13.2 Å². The number of hydrogen-bond acceptors (Lipinski definition) is 6. The second kappa shape index (κ2) is 10.5. The number of amides is 1. The van der Waals surface area contributed by atoms with Gasteiger partial charge in [0.25, 0.3) is 5.91 Å². The molecular weight excluding hydrogens is 490 g/mol. The molecule has 190 valence electrons. The number of nitrogens with zero attached hydrogens (tertiary/aromatic N) is 3. The van der Waals surface area contributed by atoms with Gasteiger partial charge in [0.2, 0.25) is 10.0 Å². The van der Waals surface area contributed by atoms with Crippen molar-refractivity contribution in [2.75, 3.05) is 11.6 Å². The summed E-state index contributed by atoms with van der Waals surface area (Å²) < 4.78 is 35.8. The number of aromatic nitrogens is 2. The highest BCUT2D eigenvalue weighted by atomic mass is 32.2. The summed E-state index contributed by atoms with van der Waals surface area (Å²) in [6.45, 7) is 3.74. The van der Waals surface area contributed by atoms with Crippen LogP contribution in [0.3, 0.4) is 0 Å². The molecule has 0 unspecified atom stereocenters. The summed E-state index contributed by atoms with van der Waals surface area (Å²) in [5.41, 5.74) is 2.42. The molecule has 0 aliphatic carbocycles. The topological polar surface area (TPSA) is 106 Å². The Morgan fingerprint density at radius 3 is 2.32 bits per heavy atom. The number of hydrogen-bond donors (Lipinski definition) is 2. The number of anilines is 1. The van der Waals surface area contributed by atoms with Crippen LogP contribution in [0.1, 0.15) is 28.5 Å². The summed E-state index contributed by atoms with van der Waals surface area (Å²) in [7, 11) is -3.68. The first-order valence-corrected chi connectivity index (χ1v) is 13.4. The van der Waals surface area contributed by atoms with Crippen molar-refractivity contribution in [1.82, 2.24) is 19.6 Å². The molecule has 0 bridgehead atoms. The molecule has 0 atom stereocenters. The number of ether oxygens (including phenoxy) is 1. The summed E-state index contributed by atoms with van der Waals surface area (Å²) >= 11 is 0. The van der Waals surface area contributed by atoms with E-state index in [1.807, 2.05) is 71.0 Å². The average Bonchev–Trinajstić information content (AvgIpc) is 3.36. The van der Waals surface area contributed by atoms with Crippen LogP contribution in [0.25, 0.3) is 0 Å². The smallest absolute Gasteiger partial charge is 0.273 e. The minimum atomic E-state index is -3.68. The van der Waals surface area contributed by atoms with Crippen LogP contribution in [-0.4, -0.2) is 30.5 Å². The van der Waals surface area contributed by atoms with Crippen LogP contribution in [0.4, 0.5) is 5.82 Å². The first-order chi connectivity index (χ1) is 17.9. The molecule has 10 heteroatoms. The predicted octanol–water partition coefficient (Wildman–Crippen LogP) is 3.88. The monoisotopic (exact) mass is 517 g/mol. The van der Waals surface area contributed by atoms with E-state index in [2.05, 4.69) is 15.0 Å². The van der Waals surface area contributed by atoms with Crippen molar-refractivity contribution < 1.29 is 17.9 Å². The van der Waals surface area contributed by atoms with Crippen molar-refractivity contribution in [2.45, 2.75) is 31.5 Å². The molecule has 1 aromatic heterocycles. The van der Waals surface area contributed by atoms with Crippen molar-refractivity contribution in [2.24, 2.45) is 0 Å². The molecule has 3 aromatic carbocycles. The molecule has 2 heterocycles. The number of imidazole rings is 1. The first-order valence-electron chi connectivity index (χ1n) is 11.9. The summed E-state index contributed by atoms with van der Waals surface area (Å²) in [6, 6.07) is 23.3. The maximum Gasteiger partial charge on any atom is 0.273 e. The van der Waals surface area contributed by atoms with Crippen LogP contribution in [0.15, 0.2) is 90.1 Å². The van der Waals surface area contributed by atoms with Crippen LogP contribution < -0.4 is 19.7 Å². The van der Waals surface area contributed by atoms with Crippen LogP contribution in [0.5, 0.6) is 11.5 Å². The molecule has 0 radical (unpaired) electrons. The zero-order valence-corrected chi connectivity index (χ0v) is 21.1. The number of para-hydroxylation sites is 1. The van der Waals surface area contributed by atoms with E-state index >= 15 is 0 Å². The number of carbonyl (C=O) groups is 1. The maximum atomic E-state index is 12.8. The SMILES string of the molecule is CCn1cnc2c1C(=O)NCN2Cc1ccc(CNS(=O)(=O)c2ccc(Oc3ccccc3)cc2)cc1. The Balaban J connectivity index is 1.19. The lowest BCUT2D eigenvalue weighted by Gasteiger charge is -2.28. The molecule has 9 nitrogen and oxygen atoms in total. The van der Waals surface area contributed by atoms with E-state index in [-0.39, 0.29) is 17.3 Å². The van der Waals surface area contributed by atoms with Gasteiger partial charge in [0.15, 0.2) is 11.5 Å². The van der Waals surface area contributed by atoms with Gasteiger partial charge in [-0.3, -0.25) is 4.79 Å². The van der Waals surface area contributed by atoms with Crippen molar-refractivity contribution in [1.29, 1.82) is 0 Å². The third-order valence-corrected chi connectivity index (χ3v) is 7.50. The first kappa shape index (κ1) is 24.5. The van der Waals surface area contributed by atoms with Crippen molar-refractivity contribution in [3.05, 3.63) is 102 Å². The van der Waals surface area contributed by atoms with Gasteiger partial charge in [0.05, 0.1) is 17.9 Å². The number of benzene rings is 3. The number of rotatable bonds is 9. The Morgan fingerprint density at radius 1 is 0.946 bits per heavy atom. The molecular formula is C27H27N5O4S. The molecule has 37 heavy (non-hydrogen) atoms. The summed E-state index contributed by atoms with van der Waals surface area (Å²) in [6.07, 6.45) is 1.68. The lowest BCUT2D eigenvalue weighted by Crippen LogP contribution is -2.43. The van der Waals surface area contributed by atoms with Gasteiger partial charge >= 0.3 is 0 Å². The third kappa shape index (κ3) is 5.50. The Labute approximate surface area is 215 Å². The van der Waals surface area contributed by atoms with Gasteiger partial charge < -0.3 is 19.5 Å². The molecule has 0 fully saturated rings. The second-order valence-corrected chi connectivity index (χ2v) is 10.4. The second-order valence-electron chi connectivity index (χ2n) is 8.59. The average molecular weight is 518 g/mol. The summed E-state index contributed by atoms with van der Waals surface area (Å²) in [4.78, 5) is 18.9. The third-order valence-electron chi connectivity index (χ3n) is 6.08. The van der Waals surface area contributed by atoms with Crippen LogP contribution in [0, 0.1) is 0 Å². The fourth-order valence-electron chi connectivity index (χ4n) is 4.09. The standard InChI is InChI=1S/C27H27N5O4S/c1-2-31-18-28-26-25(31)27(33)29-19-32(26)17-21-10-8-20(9-11-21)16-30-37(34,35)24-14-12-23(13-15-24)36-22-6-4-3-5-7-22/h3-15,18,30H,2,16-17,19H2,1H3,(H,29,33). The Morgan fingerprint density at radius 2 is 1.62 bits per heavy atom. The fraction of sp³-hybridized carbons (Fsp3) is 0.185. The van der Waals surface area contributed by atoms with Gasteiger partial charge in [-0.05, 0) is 54.4 Å². The molecule has 0 spiro atoms. The molecule has 1 aliphatic rings.